The molecule has 5 aromatic carbocycles. The van der Waals surface area contributed by atoms with Crippen molar-refractivity contribution in [3.05, 3.63) is 192 Å². The van der Waals surface area contributed by atoms with E-state index in [1.54, 1.807) is 0 Å². The van der Waals surface area contributed by atoms with Crippen molar-refractivity contribution < 1.29 is 0 Å². The molecule has 0 spiro atoms. The number of thiophene rings is 10. The molecule has 0 radical (unpaired) electrons. The average molecular weight is 1610 g/mol. The van der Waals surface area contributed by atoms with Crippen LogP contribution in [0, 0.1) is 0 Å². The van der Waals surface area contributed by atoms with Gasteiger partial charge in [-0.1, -0.05) is 217 Å². The second kappa shape index (κ2) is 36.0. The van der Waals surface area contributed by atoms with Gasteiger partial charge in [0.2, 0.25) is 0 Å². The van der Waals surface area contributed by atoms with Gasteiger partial charge in [-0.05, 0) is 194 Å². The fourth-order valence-electron chi connectivity index (χ4n) is 15.6. The maximum Gasteiger partial charge on any atom is 0.114 e. The number of rotatable bonds is 38. The molecule has 11 aromatic heterocycles. The van der Waals surface area contributed by atoms with E-state index >= 15 is 0 Å². The largest absolute Gasteiger partial charge is 0.172 e. The molecule has 0 saturated heterocycles. The summed E-state index contributed by atoms with van der Waals surface area (Å²) in [6.45, 7) is 9.28. The van der Waals surface area contributed by atoms with Crippen LogP contribution in [-0.4, -0.2) is 8.75 Å². The highest BCUT2D eigenvalue weighted by molar-refractivity contribution is 7.31. The molecule has 0 N–H and O–H groups in total. The SMILES string of the molecule is CCCCCCCCc1cc(-c2ccc3sc4ccccc4c3c2)sc1-c1ccc(-c2ccc(-c3sc(-c4ccc(-c5cc(CCCCCCCC)c(-c6ccc(-c7ccc(-c8sc(-c9ccc%10sc%11ccccc%11c%10c9)cc8CCCCCCCC)s7)s6)s5)c5nsnc45)cc3CCCCCCCC)s2)s1. The minimum atomic E-state index is 1.03. The van der Waals surface area contributed by atoms with Crippen LogP contribution in [0.2, 0.25) is 0 Å². The summed E-state index contributed by atoms with van der Waals surface area (Å²) in [7, 11) is 0. The van der Waals surface area contributed by atoms with Gasteiger partial charge in [-0.3, -0.25) is 0 Å². The summed E-state index contributed by atoms with van der Waals surface area (Å²) in [4.78, 5) is 22.1. The van der Waals surface area contributed by atoms with Crippen LogP contribution in [0.3, 0.4) is 0 Å². The molecular weight excluding hydrogens is 1510 g/mol. The molecule has 0 atom stereocenters. The van der Waals surface area contributed by atoms with Crippen molar-refractivity contribution >= 4 is 176 Å². The van der Waals surface area contributed by atoms with E-state index < -0.39 is 0 Å². The van der Waals surface area contributed by atoms with E-state index in [2.05, 4.69) is 198 Å². The normalized spacial score (nSPS) is 12.0. The molecule has 0 aliphatic rings. The number of aromatic nitrogens is 2. The van der Waals surface area contributed by atoms with E-state index in [9.17, 15) is 0 Å². The topological polar surface area (TPSA) is 25.8 Å². The summed E-state index contributed by atoms with van der Waals surface area (Å²) in [5, 5.41) is 5.48. The lowest BCUT2D eigenvalue weighted by Crippen LogP contribution is -1.86. The van der Waals surface area contributed by atoms with Crippen molar-refractivity contribution in [1.82, 2.24) is 8.75 Å². The summed E-state index contributed by atoms with van der Waals surface area (Å²) >= 11 is 21.1. The standard InChI is InChI=1S/C94H96N2S11/c1-5-9-13-17-21-25-33-63-57-85(61-41-45-75-71(55-61)67-37-29-31-39-73(67)97-75)103-91(63)81-51-47-77(99-81)79-49-53-83(101-79)93-65(35-27-23-19-15-11-7-3)59-87(105-93)69-43-44-70(90-89(69)95-107-96-90)88-60-66(36-28-24-20-16-12-8-4)94(106-88)84-54-50-80(102-84)78-48-52-82(100-78)92-64(34-26-22-18-14-10-6-2)58-86(104-92)62-42-46-76-72(56-62)68-38-30-32-40-74(68)98-76/h29-32,37-60H,5-28,33-36H2,1-4H3. The molecule has 0 amide bonds. The molecule has 11 heterocycles. The maximum absolute atomic E-state index is 5.20. The first kappa shape index (κ1) is 75.0. The molecule has 548 valence electrons. The number of aryl methyl sites for hydroxylation is 4. The molecule has 0 fully saturated rings. The quantitative estimate of drug-likeness (QED) is 0.0361. The van der Waals surface area contributed by atoms with Crippen LogP contribution in [0.15, 0.2) is 170 Å². The number of fused-ring (bicyclic) bond motifs is 7. The first-order valence-electron chi connectivity index (χ1n) is 39.9. The summed E-state index contributed by atoms with van der Waals surface area (Å²) in [6.07, 6.45) is 35.5. The molecule has 0 aliphatic heterocycles. The number of benzene rings is 5. The molecule has 16 rings (SSSR count). The van der Waals surface area contributed by atoms with Gasteiger partial charge in [0.15, 0.2) is 0 Å². The molecule has 107 heavy (non-hydrogen) atoms. The fraction of sp³-hybridized carbons (Fsp3) is 0.340. The second-order valence-electron chi connectivity index (χ2n) is 29.3. The Morgan fingerprint density at radius 2 is 0.514 bits per heavy atom. The zero-order valence-corrected chi connectivity index (χ0v) is 71.3. The lowest BCUT2D eigenvalue weighted by atomic mass is 10.0. The zero-order chi connectivity index (χ0) is 72.4. The Balaban J connectivity index is 0.680. The van der Waals surface area contributed by atoms with E-state index in [-0.39, 0.29) is 0 Å². The van der Waals surface area contributed by atoms with E-state index in [0.717, 1.165) is 36.7 Å². The Morgan fingerprint density at radius 1 is 0.224 bits per heavy atom. The minimum Gasteiger partial charge on any atom is -0.172 e. The number of nitrogens with zero attached hydrogens (tertiary/aromatic N) is 2. The van der Waals surface area contributed by atoms with Crippen LogP contribution < -0.4 is 0 Å². The Labute approximate surface area is 678 Å². The Kier molecular flexibility index (Phi) is 25.2. The van der Waals surface area contributed by atoms with Crippen molar-refractivity contribution in [2.45, 2.75) is 207 Å². The molecular formula is C94H96N2S11. The van der Waals surface area contributed by atoms with Gasteiger partial charge in [0.05, 0.1) is 11.7 Å². The second-order valence-corrected chi connectivity index (χ2v) is 40.6. The summed E-state index contributed by atoms with van der Waals surface area (Å²) in [5.41, 5.74) is 13.1. The highest BCUT2D eigenvalue weighted by atomic mass is 32.1. The molecule has 0 aliphatic carbocycles. The van der Waals surface area contributed by atoms with Gasteiger partial charge >= 0.3 is 0 Å². The van der Waals surface area contributed by atoms with Gasteiger partial charge in [0.1, 0.15) is 11.0 Å². The van der Waals surface area contributed by atoms with Crippen molar-refractivity contribution in [3.8, 4) is 100 Å². The highest BCUT2D eigenvalue weighted by Gasteiger charge is 2.25. The third-order valence-corrected chi connectivity index (χ3v) is 34.7. The van der Waals surface area contributed by atoms with E-state index in [4.69, 9.17) is 8.75 Å². The van der Waals surface area contributed by atoms with Crippen LogP contribution in [0.5, 0.6) is 0 Å². The molecule has 2 nitrogen and oxygen atoms in total. The molecule has 0 unspecified atom stereocenters. The van der Waals surface area contributed by atoms with Gasteiger partial charge < -0.3 is 0 Å². The Morgan fingerprint density at radius 3 is 0.860 bits per heavy atom. The number of hydrogen-bond acceptors (Lipinski definition) is 13. The van der Waals surface area contributed by atoms with Crippen LogP contribution in [0.4, 0.5) is 0 Å². The van der Waals surface area contributed by atoms with Crippen LogP contribution in [-0.2, 0) is 25.7 Å². The molecule has 16 aromatic rings. The van der Waals surface area contributed by atoms with E-state index in [0.29, 0.717) is 0 Å². The van der Waals surface area contributed by atoms with E-state index in [1.165, 1.54) is 329 Å². The van der Waals surface area contributed by atoms with Crippen molar-refractivity contribution in [2.24, 2.45) is 0 Å². The maximum atomic E-state index is 5.20. The first-order chi connectivity index (χ1) is 52.9. The van der Waals surface area contributed by atoms with Gasteiger partial charge in [-0.25, -0.2) is 0 Å². The third-order valence-electron chi connectivity index (χ3n) is 21.5. The van der Waals surface area contributed by atoms with Gasteiger partial charge in [0, 0.05) is 130 Å². The Bertz CT molecular complexity index is 5270. The summed E-state index contributed by atoms with van der Waals surface area (Å²) in [6, 6.07) is 66.4. The van der Waals surface area contributed by atoms with Crippen LogP contribution in [0.25, 0.3) is 152 Å². The third kappa shape index (κ3) is 17.1. The Hall–Kier alpha value is -6.04. The lowest BCUT2D eigenvalue weighted by molar-refractivity contribution is 0.608. The van der Waals surface area contributed by atoms with E-state index in [1.807, 2.05) is 113 Å². The smallest absolute Gasteiger partial charge is 0.114 e. The van der Waals surface area contributed by atoms with Crippen molar-refractivity contribution in [1.29, 1.82) is 0 Å². The highest BCUT2D eigenvalue weighted by Crippen LogP contribution is 2.53. The molecule has 0 saturated carbocycles. The minimum absolute atomic E-state index is 1.03. The van der Waals surface area contributed by atoms with Gasteiger partial charge in [-0.15, -0.1) is 113 Å². The van der Waals surface area contributed by atoms with Gasteiger partial charge in [-0.2, -0.15) is 8.75 Å². The first-order valence-corrected chi connectivity index (χ1v) is 48.8. The lowest BCUT2D eigenvalue weighted by Gasteiger charge is -2.04. The van der Waals surface area contributed by atoms with Crippen LogP contribution in [0.1, 0.15) is 204 Å². The molecule has 0 bridgehead atoms. The van der Waals surface area contributed by atoms with Crippen LogP contribution >= 0.6 is 125 Å². The zero-order valence-electron chi connectivity index (χ0n) is 62.3. The average Bonchev–Trinajstić information content (AvgIpc) is 1.63. The predicted molar refractivity (Wildman–Crippen MR) is 489 cm³/mol. The summed E-state index contributed by atoms with van der Waals surface area (Å²) in [5.74, 6) is 0. The number of hydrogen-bond donors (Lipinski definition) is 0. The number of unbranched alkanes of at least 4 members (excludes halogenated alkanes) is 20. The van der Waals surface area contributed by atoms with Crippen molar-refractivity contribution in [2.75, 3.05) is 0 Å². The molecule has 13 heteroatoms. The fourth-order valence-corrected chi connectivity index (χ4v) is 28.0. The predicted octanol–water partition coefficient (Wildman–Crippen LogP) is 35.2. The van der Waals surface area contributed by atoms with Gasteiger partial charge in [0.25, 0.3) is 0 Å². The van der Waals surface area contributed by atoms with Crippen molar-refractivity contribution in [3.63, 3.8) is 0 Å². The summed E-state index contributed by atoms with van der Waals surface area (Å²) < 4.78 is 15.9. The monoisotopic (exact) mass is 1600 g/mol.